The second-order valence-electron chi connectivity index (χ2n) is 2.60. The molecule has 3 nitrogen and oxygen atoms in total. The van der Waals surface area contributed by atoms with E-state index in [1.807, 2.05) is 6.08 Å². The molecular weight excluding hydrogens is 168 g/mol. The van der Waals surface area contributed by atoms with E-state index in [4.69, 9.17) is 9.47 Å². The van der Waals surface area contributed by atoms with Crippen molar-refractivity contribution in [2.45, 2.75) is 26.2 Å². The molecule has 76 valence electrons. The molecule has 0 aromatic heterocycles. The molecule has 0 N–H and O–H groups in total. The van der Waals surface area contributed by atoms with Gasteiger partial charge in [0.2, 0.25) is 0 Å². The lowest BCUT2D eigenvalue weighted by Crippen LogP contribution is -2.08. The quantitative estimate of drug-likeness (QED) is 0.330. The molecule has 0 aliphatic heterocycles. The van der Waals surface area contributed by atoms with E-state index in [2.05, 4.69) is 6.58 Å². The Morgan fingerprint density at radius 3 is 2.85 bits per heavy atom. The van der Waals surface area contributed by atoms with Crippen LogP contribution in [0.3, 0.4) is 0 Å². The van der Waals surface area contributed by atoms with Crippen molar-refractivity contribution in [2.75, 3.05) is 19.8 Å². The van der Waals surface area contributed by atoms with Crippen molar-refractivity contribution in [1.82, 2.24) is 0 Å². The standard InChI is InChI=1S/C10H18O3/c1-3-5-6-8-12-9-7-10(11)13-4-2/h3H,1,4-9H2,2H3. The summed E-state index contributed by atoms with van der Waals surface area (Å²) in [5, 5.41) is 0. The van der Waals surface area contributed by atoms with Gasteiger partial charge in [0, 0.05) is 6.61 Å². The average Bonchev–Trinajstić information content (AvgIpc) is 2.11. The normalized spacial score (nSPS) is 9.62. The zero-order chi connectivity index (χ0) is 9.94. The van der Waals surface area contributed by atoms with Crippen LogP contribution < -0.4 is 0 Å². The number of ether oxygens (including phenoxy) is 2. The number of unbranched alkanes of at least 4 members (excludes halogenated alkanes) is 1. The lowest BCUT2D eigenvalue weighted by molar-refractivity contribution is -0.144. The van der Waals surface area contributed by atoms with Crippen LogP contribution in [0.1, 0.15) is 26.2 Å². The summed E-state index contributed by atoms with van der Waals surface area (Å²) in [6.45, 7) is 6.98. The van der Waals surface area contributed by atoms with Gasteiger partial charge in [-0.15, -0.1) is 6.58 Å². The predicted octanol–water partition coefficient (Wildman–Crippen LogP) is 1.92. The van der Waals surface area contributed by atoms with Gasteiger partial charge in [0.15, 0.2) is 0 Å². The number of carbonyl (C=O) groups excluding carboxylic acids is 1. The van der Waals surface area contributed by atoms with Crippen molar-refractivity contribution in [2.24, 2.45) is 0 Å². The highest BCUT2D eigenvalue weighted by atomic mass is 16.5. The smallest absolute Gasteiger partial charge is 0.308 e. The van der Waals surface area contributed by atoms with Crippen LogP contribution in [0.2, 0.25) is 0 Å². The third kappa shape index (κ3) is 9.08. The summed E-state index contributed by atoms with van der Waals surface area (Å²) in [6, 6.07) is 0. The largest absolute Gasteiger partial charge is 0.466 e. The number of hydrogen-bond acceptors (Lipinski definition) is 3. The van der Waals surface area contributed by atoms with E-state index in [1.54, 1.807) is 6.92 Å². The van der Waals surface area contributed by atoms with Gasteiger partial charge in [0.1, 0.15) is 0 Å². The minimum absolute atomic E-state index is 0.189. The van der Waals surface area contributed by atoms with Gasteiger partial charge in [-0.25, -0.2) is 0 Å². The van der Waals surface area contributed by atoms with Crippen LogP contribution in [0, 0.1) is 0 Å². The molecule has 0 fully saturated rings. The van der Waals surface area contributed by atoms with E-state index in [-0.39, 0.29) is 5.97 Å². The van der Waals surface area contributed by atoms with Crippen LogP contribution in [-0.4, -0.2) is 25.8 Å². The van der Waals surface area contributed by atoms with Crippen molar-refractivity contribution < 1.29 is 14.3 Å². The fraction of sp³-hybridized carbons (Fsp3) is 0.700. The highest BCUT2D eigenvalue weighted by Gasteiger charge is 1.99. The summed E-state index contributed by atoms with van der Waals surface area (Å²) in [5.74, 6) is -0.189. The monoisotopic (exact) mass is 186 g/mol. The van der Waals surface area contributed by atoms with E-state index in [0.29, 0.717) is 26.2 Å². The van der Waals surface area contributed by atoms with Crippen LogP contribution in [0.15, 0.2) is 12.7 Å². The Labute approximate surface area is 79.7 Å². The lowest BCUT2D eigenvalue weighted by Gasteiger charge is -2.02. The molecule has 0 aliphatic rings. The molecule has 0 radical (unpaired) electrons. The Balaban J connectivity index is 3.06. The fourth-order valence-electron chi connectivity index (χ4n) is 0.820. The van der Waals surface area contributed by atoms with Crippen LogP contribution >= 0.6 is 0 Å². The SMILES string of the molecule is C=CCCCOCCC(=O)OCC. The Hall–Kier alpha value is -0.830. The van der Waals surface area contributed by atoms with Gasteiger partial charge in [-0.3, -0.25) is 4.79 Å². The summed E-state index contributed by atoms with van der Waals surface area (Å²) in [5.41, 5.74) is 0. The van der Waals surface area contributed by atoms with Gasteiger partial charge in [-0.2, -0.15) is 0 Å². The zero-order valence-electron chi connectivity index (χ0n) is 8.25. The molecule has 0 amide bonds. The van der Waals surface area contributed by atoms with Crippen molar-refractivity contribution in [3.8, 4) is 0 Å². The van der Waals surface area contributed by atoms with Gasteiger partial charge in [-0.05, 0) is 19.8 Å². The van der Waals surface area contributed by atoms with Crippen LogP contribution in [0.5, 0.6) is 0 Å². The maximum absolute atomic E-state index is 10.8. The topological polar surface area (TPSA) is 35.5 Å². The van der Waals surface area contributed by atoms with Crippen molar-refractivity contribution >= 4 is 5.97 Å². The molecule has 0 heterocycles. The number of rotatable bonds is 8. The summed E-state index contributed by atoms with van der Waals surface area (Å²) >= 11 is 0. The maximum atomic E-state index is 10.8. The van der Waals surface area contributed by atoms with E-state index < -0.39 is 0 Å². The maximum Gasteiger partial charge on any atom is 0.308 e. The Kier molecular flexibility index (Phi) is 8.67. The average molecular weight is 186 g/mol. The summed E-state index contributed by atoms with van der Waals surface area (Å²) in [4.78, 5) is 10.8. The van der Waals surface area contributed by atoms with Crippen molar-refractivity contribution in [1.29, 1.82) is 0 Å². The molecule has 3 heteroatoms. The molecule has 0 spiro atoms. The molecule has 0 bridgehead atoms. The number of allylic oxidation sites excluding steroid dienone is 1. The first-order chi connectivity index (χ1) is 6.31. The number of carbonyl (C=O) groups is 1. The number of hydrogen-bond donors (Lipinski definition) is 0. The summed E-state index contributed by atoms with van der Waals surface area (Å²) in [6.07, 6.45) is 4.13. The van der Waals surface area contributed by atoms with Gasteiger partial charge >= 0.3 is 5.97 Å². The molecule has 0 aromatic rings. The second kappa shape index (κ2) is 9.26. The van der Waals surface area contributed by atoms with Gasteiger partial charge < -0.3 is 9.47 Å². The first-order valence-corrected chi connectivity index (χ1v) is 4.65. The highest BCUT2D eigenvalue weighted by molar-refractivity contribution is 5.69. The molecule has 0 aliphatic carbocycles. The molecule has 13 heavy (non-hydrogen) atoms. The molecule has 0 rings (SSSR count). The molecule has 0 saturated heterocycles. The van der Waals surface area contributed by atoms with Crippen molar-refractivity contribution in [3.63, 3.8) is 0 Å². The van der Waals surface area contributed by atoms with E-state index in [9.17, 15) is 4.79 Å². The van der Waals surface area contributed by atoms with Crippen molar-refractivity contribution in [3.05, 3.63) is 12.7 Å². The van der Waals surface area contributed by atoms with Crippen LogP contribution in [0.4, 0.5) is 0 Å². The van der Waals surface area contributed by atoms with E-state index in [0.717, 1.165) is 12.8 Å². The molecular formula is C10H18O3. The minimum Gasteiger partial charge on any atom is -0.466 e. The minimum atomic E-state index is -0.189. The van der Waals surface area contributed by atoms with E-state index >= 15 is 0 Å². The highest BCUT2D eigenvalue weighted by Crippen LogP contribution is 1.92. The van der Waals surface area contributed by atoms with Gasteiger partial charge in [-0.1, -0.05) is 6.08 Å². The molecule has 0 saturated carbocycles. The second-order valence-corrected chi connectivity index (χ2v) is 2.60. The number of esters is 1. The van der Waals surface area contributed by atoms with Crippen LogP contribution in [-0.2, 0) is 14.3 Å². The van der Waals surface area contributed by atoms with Gasteiger partial charge in [0.25, 0.3) is 0 Å². The van der Waals surface area contributed by atoms with E-state index in [1.165, 1.54) is 0 Å². The Bertz CT molecular complexity index is 143. The zero-order valence-corrected chi connectivity index (χ0v) is 8.25. The molecule has 0 unspecified atom stereocenters. The Morgan fingerprint density at radius 2 is 2.23 bits per heavy atom. The predicted molar refractivity (Wildman–Crippen MR) is 51.5 cm³/mol. The van der Waals surface area contributed by atoms with Crippen LogP contribution in [0.25, 0.3) is 0 Å². The first-order valence-electron chi connectivity index (χ1n) is 4.65. The lowest BCUT2D eigenvalue weighted by atomic mass is 10.3. The summed E-state index contributed by atoms with van der Waals surface area (Å²) < 4.78 is 9.94. The Morgan fingerprint density at radius 1 is 1.46 bits per heavy atom. The third-order valence-electron chi connectivity index (χ3n) is 1.45. The summed E-state index contributed by atoms with van der Waals surface area (Å²) in [7, 11) is 0. The molecule has 0 aromatic carbocycles. The fourth-order valence-corrected chi connectivity index (χ4v) is 0.820. The van der Waals surface area contributed by atoms with Gasteiger partial charge in [0.05, 0.1) is 19.6 Å². The first kappa shape index (κ1) is 12.2. The third-order valence-corrected chi connectivity index (χ3v) is 1.45. The molecule has 0 atom stereocenters.